The van der Waals surface area contributed by atoms with Gasteiger partial charge in [0.1, 0.15) is 5.65 Å². The largest absolute Gasteiger partial charge is 0.378 e. The summed E-state index contributed by atoms with van der Waals surface area (Å²) in [7, 11) is 1.90. The highest BCUT2D eigenvalue weighted by atomic mass is 35.5. The number of imidazole rings is 1. The second-order valence-electron chi connectivity index (χ2n) is 8.62. The van der Waals surface area contributed by atoms with Crippen LogP contribution in [0.15, 0.2) is 36.9 Å². The Morgan fingerprint density at radius 2 is 2.00 bits per heavy atom. The van der Waals surface area contributed by atoms with Crippen molar-refractivity contribution in [3.63, 3.8) is 0 Å². The van der Waals surface area contributed by atoms with E-state index in [2.05, 4.69) is 24.7 Å². The van der Waals surface area contributed by atoms with E-state index in [0.29, 0.717) is 17.1 Å². The monoisotopic (exact) mass is 448 g/mol. The van der Waals surface area contributed by atoms with E-state index in [1.54, 1.807) is 4.68 Å². The molecule has 9 nitrogen and oxygen atoms in total. The van der Waals surface area contributed by atoms with Gasteiger partial charge in [-0.15, -0.1) is 0 Å². The molecule has 6 heterocycles. The highest BCUT2D eigenvalue weighted by Crippen LogP contribution is 2.39. The predicted octanol–water partition coefficient (Wildman–Crippen LogP) is 2.59. The Morgan fingerprint density at radius 3 is 2.84 bits per heavy atom. The van der Waals surface area contributed by atoms with Gasteiger partial charge < -0.3 is 19.9 Å². The van der Waals surface area contributed by atoms with E-state index in [4.69, 9.17) is 26.3 Å². The highest BCUT2D eigenvalue weighted by molar-refractivity contribution is 6.38. The van der Waals surface area contributed by atoms with Crippen LogP contribution in [0.3, 0.4) is 0 Å². The molecule has 0 spiro atoms. The van der Waals surface area contributed by atoms with Crippen molar-refractivity contribution in [2.75, 3.05) is 31.2 Å². The minimum absolute atomic E-state index is 0.308. The second kappa shape index (κ2) is 6.68. The summed E-state index contributed by atoms with van der Waals surface area (Å²) in [6.07, 6.45) is 7.73. The number of fused-ring (bicyclic) bond motifs is 6. The number of piperazine rings is 1. The molecule has 2 unspecified atom stereocenters. The number of halogens is 1. The van der Waals surface area contributed by atoms with Crippen LogP contribution >= 0.6 is 11.6 Å². The van der Waals surface area contributed by atoms with Crippen LogP contribution in [0, 0.1) is 0 Å². The van der Waals surface area contributed by atoms with E-state index in [1.165, 1.54) is 0 Å². The molecule has 0 radical (unpaired) electrons. The summed E-state index contributed by atoms with van der Waals surface area (Å²) in [5.41, 5.74) is 4.46. The third-order valence-corrected chi connectivity index (χ3v) is 6.86. The smallest absolute Gasteiger partial charge is 0.213 e. The van der Waals surface area contributed by atoms with Gasteiger partial charge in [-0.1, -0.05) is 17.7 Å². The van der Waals surface area contributed by atoms with Gasteiger partial charge in [0, 0.05) is 73.5 Å². The third kappa shape index (κ3) is 2.62. The van der Waals surface area contributed by atoms with Gasteiger partial charge in [-0.3, -0.25) is 9.08 Å². The number of nitrogens with one attached hydrogen (secondary N) is 2. The standard InChI is InChI=1S/C22H21ClN8O/c1-29-9-16-17(28-29)3-2-14(19(16)23)15-6-25-20-18(15)21-24-4-5-31(21)22(27-20)30-7-12-10-32-11-13(8-30)26-12/h2-6,9,12-13,25-26H,7-8,10-11H2,1H3. The van der Waals surface area contributed by atoms with E-state index >= 15 is 0 Å². The van der Waals surface area contributed by atoms with E-state index in [-0.39, 0.29) is 0 Å². The van der Waals surface area contributed by atoms with Gasteiger partial charge in [0.15, 0.2) is 5.65 Å². The molecule has 2 atom stereocenters. The summed E-state index contributed by atoms with van der Waals surface area (Å²) in [5.74, 6) is 0.894. The van der Waals surface area contributed by atoms with Crippen LogP contribution in [0.25, 0.3) is 38.7 Å². The van der Waals surface area contributed by atoms with Crippen molar-refractivity contribution in [3.8, 4) is 11.1 Å². The first-order chi connectivity index (χ1) is 15.7. The second-order valence-corrected chi connectivity index (χ2v) is 9.00. The fraction of sp³-hybridized carbons (Fsp3) is 0.318. The minimum Gasteiger partial charge on any atom is -0.378 e. The molecule has 2 aliphatic rings. The molecule has 5 aromatic rings. The zero-order valence-corrected chi connectivity index (χ0v) is 18.2. The first kappa shape index (κ1) is 18.4. The number of hydrogen-bond acceptors (Lipinski definition) is 6. The molecule has 7 rings (SSSR count). The van der Waals surface area contributed by atoms with E-state index < -0.39 is 0 Å². The Morgan fingerprint density at radius 1 is 1.16 bits per heavy atom. The fourth-order valence-electron chi connectivity index (χ4n) is 5.12. The molecule has 32 heavy (non-hydrogen) atoms. The van der Waals surface area contributed by atoms with Crippen LogP contribution in [0.4, 0.5) is 5.95 Å². The number of morpholine rings is 1. The topological polar surface area (TPSA) is 88.3 Å². The Labute approximate surface area is 187 Å². The van der Waals surface area contributed by atoms with Gasteiger partial charge in [-0.25, -0.2) is 4.98 Å². The molecule has 2 N–H and O–H groups in total. The normalized spacial score (nSPS) is 21.2. The SMILES string of the molecule is Cn1cc2c(Cl)c(-c3c[nH]c4nc(N5CC6COCC(C5)N6)n5ccnc5c34)ccc2n1. The Hall–Kier alpha value is -3.14. The van der Waals surface area contributed by atoms with Crippen LogP contribution < -0.4 is 10.2 Å². The lowest BCUT2D eigenvalue weighted by Gasteiger charge is -2.42. The predicted molar refractivity (Wildman–Crippen MR) is 123 cm³/mol. The van der Waals surface area contributed by atoms with Crippen molar-refractivity contribution in [1.82, 2.24) is 34.4 Å². The average molecular weight is 449 g/mol. The van der Waals surface area contributed by atoms with Gasteiger partial charge in [0.05, 0.1) is 29.1 Å². The number of ether oxygens (including phenoxy) is 1. The lowest BCUT2D eigenvalue weighted by molar-refractivity contribution is 0.0372. The molecule has 10 heteroatoms. The number of benzene rings is 1. The summed E-state index contributed by atoms with van der Waals surface area (Å²) in [6.45, 7) is 3.15. The maximum atomic E-state index is 6.84. The van der Waals surface area contributed by atoms with Gasteiger partial charge in [-0.05, 0) is 6.07 Å². The van der Waals surface area contributed by atoms with Gasteiger partial charge in [0.2, 0.25) is 5.95 Å². The lowest BCUT2D eigenvalue weighted by atomic mass is 10.0. The van der Waals surface area contributed by atoms with Crippen molar-refractivity contribution in [3.05, 3.63) is 41.9 Å². The van der Waals surface area contributed by atoms with Crippen LogP contribution in [0.5, 0.6) is 0 Å². The summed E-state index contributed by atoms with van der Waals surface area (Å²) >= 11 is 6.84. The van der Waals surface area contributed by atoms with E-state index in [1.807, 2.05) is 44.0 Å². The fourth-order valence-corrected chi connectivity index (χ4v) is 5.43. The minimum atomic E-state index is 0.308. The van der Waals surface area contributed by atoms with Gasteiger partial charge in [0.25, 0.3) is 0 Å². The maximum Gasteiger partial charge on any atom is 0.213 e. The number of anilines is 1. The average Bonchev–Trinajstić information content (AvgIpc) is 3.50. The number of aryl methyl sites for hydroxylation is 1. The molecule has 2 bridgehead atoms. The van der Waals surface area contributed by atoms with Crippen molar-refractivity contribution >= 4 is 45.1 Å². The molecule has 0 saturated carbocycles. The number of H-pyrrole nitrogens is 1. The molecule has 162 valence electrons. The number of rotatable bonds is 2. The molecule has 0 amide bonds. The van der Waals surface area contributed by atoms with Crippen LogP contribution in [-0.2, 0) is 11.8 Å². The van der Waals surface area contributed by atoms with E-state index in [0.717, 1.165) is 71.0 Å². The number of nitrogens with zero attached hydrogens (tertiary/aromatic N) is 6. The molecule has 0 aliphatic carbocycles. The molecule has 2 fully saturated rings. The summed E-state index contributed by atoms with van der Waals surface area (Å²) < 4.78 is 9.57. The highest BCUT2D eigenvalue weighted by Gasteiger charge is 2.32. The summed E-state index contributed by atoms with van der Waals surface area (Å²) in [6, 6.07) is 4.64. The molecule has 2 saturated heterocycles. The maximum absolute atomic E-state index is 6.84. The van der Waals surface area contributed by atoms with Crippen LogP contribution in [-0.4, -0.2) is 67.5 Å². The summed E-state index contributed by atoms with van der Waals surface area (Å²) in [4.78, 5) is 15.4. The molecule has 4 aromatic heterocycles. The van der Waals surface area contributed by atoms with Crippen LogP contribution in [0.2, 0.25) is 5.02 Å². The zero-order valence-electron chi connectivity index (χ0n) is 17.4. The van der Waals surface area contributed by atoms with Crippen molar-refractivity contribution < 1.29 is 4.74 Å². The lowest BCUT2D eigenvalue weighted by Crippen LogP contribution is -2.63. The molecular formula is C22H21ClN8O. The molecular weight excluding hydrogens is 428 g/mol. The Balaban J connectivity index is 1.41. The van der Waals surface area contributed by atoms with Crippen LogP contribution in [0.1, 0.15) is 0 Å². The summed E-state index contributed by atoms with van der Waals surface area (Å²) in [5, 5.41) is 10.7. The first-order valence-corrected chi connectivity index (χ1v) is 11.1. The molecule has 1 aromatic carbocycles. The molecule has 2 aliphatic heterocycles. The van der Waals surface area contributed by atoms with Crippen molar-refractivity contribution in [2.24, 2.45) is 7.05 Å². The quantitative estimate of drug-likeness (QED) is 0.431. The number of aromatic nitrogens is 6. The number of hydrogen-bond donors (Lipinski definition) is 2. The van der Waals surface area contributed by atoms with Gasteiger partial charge in [-0.2, -0.15) is 10.1 Å². The Bertz CT molecular complexity index is 1490. The first-order valence-electron chi connectivity index (χ1n) is 10.7. The van der Waals surface area contributed by atoms with Crippen molar-refractivity contribution in [1.29, 1.82) is 0 Å². The zero-order chi connectivity index (χ0) is 21.4. The van der Waals surface area contributed by atoms with Crippen molar-refractivity contribution in [2.45, 2.75) is 12.1 Å². The number of aromatic amines is 1. The Kier molecular flexibility index (Phi) is 3.85. The van der Waals surface area contributed by atoms with E-state index in [9.17, 15) is 0 Å². The third-order valence-electron chi connectivity index (χ3n) is 6.45. The van der Waals surface area contributed by atoms with Gasteiger partial charge >= 0.3 is 0 Å².